The maximum atomic E-state index is 13.1. The molecule has 1 aromatic carbocycles. The molecule has 0 spiro atoms. The molecule has 0 aliphatic carbocycles. The first-order chi connectivity index (χ1) is 12.5. The van der Waals surface area contributed by atoms with Crippen molar-refractivity contribution in [3.05, 3.63) is 59.5 Å². The molecule has 0 radical (unpaired) electrons. The molecule has 3 rings (SSSR count). The summed E-state index contributed by atoms with van der Waals surface area (Å²) in [7, 11) is 0. The molecule has 2 unspecified atom stereocenters. The van der Waals surface area contributed by atoms with E-state index in [-0.39, 0.29) is 11.9 Å². The predicted octanol–water partition coefficient (Wildman–Crippen LogP) is 3.94. The smallest absolute Gasteiger partial charge is 0.407 e. The van der Waals surface area contributed by atoms with E-state index in [1.807, 2.05) is 19.1 Å². The Hall–Kier alpha value is -2.63. The normalized spacial score (nSPS) is 20.0. The van der Waals surface area contributed by atoms with Gasteiger partial charge in [-0.05, 0) is 61.4 Å². The minimum Gasteiger partial charge on any atom is -0.465 e. The summed E-state index contributed by atoms with van der Waals surface area (Å²) < 4.78 is 13.1. The molecule has 138 valence electrons. The first kappa shape index (κ1) is 18.2. The van der Waals surface area contributed by atoms with Gasteiger partial charge in [-0.15, -0.1) is 0 Å². The Kier molecular flexibility index (Phi) is 5.71. The van der Waals surface area contributed by atoms with Crippen molar-refractivity contribution >= 4 is 11.9 Å². The number of amides is 1. The van der Waals surface area contributed by atoms with Gasteiger partial charge in [0.05, 0.1) is 0 Å². The van der Waals surface area contributed by atoms with Crippen molar-refractivity contribution < 1.29 is 14.3 Å². The standard InChI is InChI=1S/C20H24FN3O2/c1-14-3-2-9-22-19(14)23-13-16-8-10-24(20(25)26)18(12-16)11-15-4-6-17(21)7-5-15/h2-7,9,16,18H,8,10-13H2,1H3,(H,22,23)(H,25,26). The topological polar surface area (TPSA) is 65.5 Å². The first-order valence-electron chi connectivity index (χ1n) is 8.92. The lowest BCUT2D eigenvalue weighted by molar-refractivity contribution is 0.0917. The number of aromatic nitrogens is 1. The summed E-state index contributed by atoms with van der Waals surface area (Å²) in [6, 6.07) is 10.1. The van der Waals surface area contributed by atoms with Crippen LogP contribution in [0, 0.1) is 18.7 Å². The molecular formula is C20H24FN3O2. The van der Waals surface area contributed by atoms with Crippen molar-refractivity contribution in [2.45, 2.75) is 32.2 Å². The number of hydrogen-bond donors (Lipinski definition) is 2. The lowest BCUT2D eigenvalue weighted by Crippen LogP contribution is -2.47. The Morgan fingerprint density at radius 3 is 2.81 bits per heavy atom. The van der Waals surface area contributed by atoms with Crippen LogP contribution in [0.5, 0.6) is 0 Å². The quantitative estimate of drug-likeness (QED) is 0.851. The van der Waals surface area contributed by atoms with E-state index >= 15 is 0 Å². The van der Waals surface area contributed by atoms with Gasteiger partial charge in [0.15, 0.2) is 0 Å². The zero-order valence-corrected chi connectivity index (χ0v) is 14.9. The van der Waals surface area contributed by atoms with Gasteiger partial charge >= 0.3 is 6.09 Å². The van der Waals surface area contributed by atoms with Crippen molar-refractivity contribution in [2.24, 2.45) is 5.92 Å². The van der Waals surface area contributed by atoms with Crippen LogP contribution in [0.15, 0.2) is 42.6 Å². The fourth-order valence-corrected chi connectivity index (χ4v) is 3.57. The van der Waals surface area contributed by atoms with Crippen molar-refractivity contribution in [1.82, 2.24) is 9.88 Å². The molecule has 5 nitrogen and oxygen atoms in total. The molecule has 2 heterocycles. The zero-order valence-electron chi connectivity index (χ0n) is 14.9. The lowest BCUT2D eigenvalue weighted by atomic mass is 9.87. The van der Waals surface area contributed by atoms with E-state index in [1.165, 1.54) is 17.0 Å². The van der Waals surface area contributed by atoms with E-state index in [1.54, 1.807) is 18.3 Å². The van der Waals surface area contributed by atoms with Gasteiger partial charge in [0.1, 0.15) is 11.6 Å². The Morgan fingerprint density at radius 2 is 2.12 bits per heavy atom. The fourth-order valence-electron chi connectivity index (χ4n) is 3.57. The molecule has 0 saturated carbocycles. The van der Waals surface area contributed by atoms with Gasteiger partial charge in [-0.2, -0.15) is 0 Å². The zero-order chi connectivity index (χ0) is 18.5. The molecule has 2 aromatic rings. The average molecular weight is 357 g/mol. The maximum Gasteiger partial charge on any atom is 0.407 e. The van der Waals surface area contributed by atoms with Crippen LogP contribution in [-0.2, 0) is 6.42 Å². The number of piperidine rings is 1. The van der Waals surface area contributed by atoms with Gasteiger partial charge in [-0.1, -0.05) is 18.2 Å². The lowest BCUT2D eigenvalue weighted by Gasteiger charge is -2.38. The highest BCUT2D eigenvalue weighted by Gasteiger charge is 2.31. The van der Waals surface area contributed by atoms with Crippen LogP contribution in [0.3, 0.4) is 0 Å². The number of halogens is 1. The number of hydrogen-bond acceptors (Lipinski definition) is 3. The summed E-state index contributed by atoms with van der Waals surface area (Å²) in [5.41, 5.74) is 2.05. The molecule has 1 aliphatic rings. The van der Waals surface area contributed by atoms with Gasteiger partial charge in [0.2, 0.25) is 0 Å². The molecule has 6 heteroatoms. The molecule has 26 heavy (non-hydrogen) atoms. The minimum atomic E-state index is -0.885. The van der Waals surface area contributed by atoms with Crippen LogP contribution >= 0.6 is 0 Å². The number of nitrogens with one attached hydrogen (secondary N) is 1. The summed E-state index contributed by atoms with van der Waals surface area (Å²) in [6.45, 7) is 3.31. The number of carboxylic acid groups (broad SMARTS) is 1. The second kappa shape index (κ2) is 8.17. The number of anilines is 1. The van der Waals surface area contributed by atoms with E-state index in [9.17, 15) is 14.3 Å². The first-order valence-corrected chi connectivity index (χ1v) is 8.92. The molecule has 1 fully saturated rings. The third kappa shape index (κ3) is 4.50. The van der Waals surface area contributed by atoms with E-state index in [0.29, 0.717) is 18.9 Å². The van der Waals surface area contributed by atoms with Crippen LogP contribution in [0.4, 0.5) is 15.0 Å². The Morgan fingerprint density at radius 1 is 1.35 bits per heavy atom. The van der Waals surface area contributed by atoms with Crippen LogP contribution in [0.1, 0.15) is 24.0 Å². The van der Waals surface area contributed by atoms with Crippen LogP contribution in [0.2, 0.25) is 0 Å². The highest BCUT2D eigenvalue weighted by Crippen LogP contribution is 2.26. The molecule has 1 amide bonds. The highest BCUT2D eigenvalue weighted by molar-refractivity contribution is 5.65. The van der Waals surface area contributed by atoms with Crippen molar-refractivity contribution in [3.8, 4) is 0 Å². The largest absolute Gasteiger partial charge is 0.465 e. The number of carbonyl (C=O) groups is 1. The number of nitrogens with zero attached hydrogens (tertiary/aromatic N) is 2. The third-order valence-electron chi connectivity index (χ3n) is 5.02. The summed E-state index contributed by atoms with van der Waals surface area (Å²) >= 11 is 0. The van der Waals surface area contributed by atoms with Crippen LogP contribution < -0.4 is 5.32 Å². The van der Waals surface area contributed by atoms with Crippen molar-refractivity contribution in [3.63, 3.8) is 0 Å². The SMILES string of the molecule is Cc1cccnc1NCC1CCN(C(=O)O)C(Cc2ccc(F)cc2)C1. The number of pyridine rings is 1. The monoisotopic (exact) mass is 357 g/mol. The van der Waals surface area contributed by atoms with Crippen molar-refractivity contribution in [1.29, 1.82) is 0 Å². The third-order valence-corrected chi connectivity index (χ3v) is 5.02. The summed E-state index contributed by atoms with van der Waals surface area (Å²) in [5, 5.41) is 12.9. The van der Waals surface area contributed by atoms with Gasteiger partial charge in [0.25, 0.3) is 0 Å². The van der Waals surface area contributed by atoms with Gasteiger partial charge in [-0.3, -0.25) is 0 Å². The van der Waals surface area contributed by atoms with Crippen LogP contribution in [-0.4, -0.2) is 40.2 Å². The highest BCUT2D eigenvalue weighted by atomic mass is 19.1. The second-order valence-electron chi connectivity index (χ2n) is 6.90. The molecular weight excluding hydrogens is 333 g/mol. The average Bonchev–Trinajstić information content (AvgIpc) is 2.63. The summed E-state index contributed by atoms with van der Waals surface area (Å²) in [5.74, 6) is 0.973. The van der Waals surface area contributed by atoms with Gasteiger partial charge in [0, 0.05) is 25.3 Å². The van der Waals surface area contributed by atoms with E-state index in [0.717, 1.165) is 36.3 Å². The van der Waals surface area contributed by atoms with Gasteiger partial charge in [-0.25, -0.2) is 14.2 Å². The Balaban J connectivity index is 1.64. The molecule has 2 atom stereocenters. The van der Waals surface area contributed by atoms with E-state index < -0.39 is 6.09 Å². The number of likely N-dealkylation sites (tertiary alicyclic amines) is 1. The number of rotatable bonds is 5. The predicted molar refractivity (Wildman–Crippen MR) is 98.8 cm³/mol. The Bertz CT molecular complexity index is 751. The van der Waals surface area contributed by atoms with E-state index in [2.05, 4.69) is 10.3 Å². The molecule has 1 saturated heterocycles. The maximum absolute atomic E-state index is 13.1. The van der Waals surface area contributed by atoms with Crippen molar-refractivity contribution in [2.75, 3.05) is 18.4 Å². The summed E-state index contributed by atoms with van der Waals surface area (Å²) in [6.07, 6.45) is 3.09. The summed E-state index contributed by atoms with van der Waals surface area (Å²) in [4.78, 5) is 17.4. The van der Waals surface area contributed by atoms with Gasteiger partial charge < -0.3 is 15.3 Å². The second-order valence-corrected chi connectivity index (χ2v) is 6.90. The van der Waals surface area contributed by atoms with Crippen LogP contribution in [0.25, 0.3) is 0 Å². The molecule has 2 N–H and O–H groups in total. The minimum absolute atomic E-state index is 0.0941. The Labute approximate surface area is 152 Å². The molecule has 0 bridgehead atoms. The molecule has 1 aliphatic heterocycles. The fraction of sp³-hybridized carbons (Fsp3) is 0.400. The number of benzene rings is 1. The molecule has 1 aromatic heterocycles. The number of aryl methyl sites for hydroxylation is 1. The van der Waals surface area contributed by atoms with E-state index in [4.69, 9.17) is 0 Å².